The second-order valence-corrected chi connectivity index (χ2v) is 3.47. The van der Waals surface area contributed by atoms with Gasteiger partial charge in [-0.3, -0.25) is 4.79 Å². The van der Waals surface area contributed by atoms with E-state index in [1.54, 1.807) is 0 Å². The lowest BCUT2D eigenvalue weighted by molar-refractivity contribution is -0.143. The molecule has 0 saturated heterocycles. The molecule has 3 nitrogen and oxygen atoms in total. The van der Waals surface area contributed by atoms with Gasteiger partial charge in [-0.15, -0.1) is 0 Å². The smallest absolute Gasteiger partial charge is 0.308 e. The van der Waals surface area contributed by atoms with Crippen molar-refractivity contribution in [2.45, 2.75) is 45.6 Å². The molecule has 0 rings (SSSR count). The van der Waals surface area contributed by atoms with Crippen molar-refractivity contribution < 1.29 is 14.6 Å². The van der Waals surface area contributed by atoms with Crippen LogP contribution in [0, 0.1) is 5.92 Å². The van der Waals surface area contributed by atoms with Crippen molar-refractivity contribution in [3.8, 4) is 0 Å². The highest BCUT2D eigenvalue weighted by Gasteiger charge is 2.17. The van der Waals surface area contributed by atoms with E-state index < -0.39 is 6.10 Å². The lowest BCUT2D eigenvalue weighted by atomic mass is 9.96. The maximum atomic E-state index is 10.8. The van der Waals surface area contributed by atoms with Crippen molar-refractivity contribution in [1.29, 1.82) is 0 Å². The normalized spacial score (nSPS) is 15.1. The number of aliphatic hydroxyl groups is 1. The van der Waals surface area contributed by atoms with E-state index in [4.69, 9.17) is 0 Å². The van der Waals surface area contributed by atoms with E-state index in [1.807, 2.05) is 6.92 Å². The van der Waals surface area contributed by atoms with Crippen LogP contribution < -0.4 is 0 Å². The largest absolute Gasteiger partial charge is 0.469 e. The van der Waals surface area contributed by atoms with Crippen LogP contribution in [-0.4, -0.2) is 24.3 Å². The van der Waals surface area contributed by atoms with Gasteiger partial charge >= 0.3 is 5.97 Å². The molecule has 3 heteroatoms. The van der Waals surface area contributed by atoms with Gasteiger partial charge in [0.1, 0.15) is 0 Å². The molecule has 0 aromatic rings. The van der Waals surface area contributed by atoms with E-state index in [2.05, 4.69) is 11.7 Å². The number of unbranched alkanes of at least 4 members (excludes halogenated alkanes) is 1. The molecule has 0 aliphatic heterocycles. The first-order valence-corrected chi connectivity index (χ1v) is 4.86. The topological polar surface area (TPSA) is 46.5 Å². The van der Waals surface area contributed by atoms with Gasteiger partial charge in [-0.05, 0) is 12.3 Å². The summed E-state index contributed by atoms with van der Waals surface area (Å²) in [5.41, 5.74) is 0. The Morgan fingerprint density at radius 1 is 1.54 bits per heavy atom. The van der Waals surface area contributed by atoms with Gasteiger partial charge < -0.3 is 9.84 Å². The summed E-state index contributed by atoms with van der Waals surface area (Å²) < 4.78 is 4.48. The number of aliphatic hydroxyl groups excluding tert-OH is 1. The Morgan fingerprint density at radius 3 is 2.62 bits per heavy atom. The highest BCUT2D eigenvalue weighted by Crippen LogP contribution is 2.14. The summed E-state index contributed by atoms with van der Waals surface area (Å²) in [6, 6.07) is 0. The van der Waals surface area contributed by atoms with Crippen LogP contribution in [0.4, 0.5) is 0 Å². The van der Waals surface area contributed by atoms with E-state index in [0.29, 0.717) is 0 Å². The van der Waals surface area contributed by atoms with Crippen LogP contribution in [0.3, 0.4) is 0 Å². The molecule has 0 aliphatic rings. The SMILES string of the molecule is CCCC[C@H](C)[C@H](O)CC(=O)OC. The predicted octanol–water partition coefficient (Wildman–Crippen LogP) is 1.74. The second-order valence-electron chi connectivity index (χ2n) is 3.47. The molecule has 1 N–H and O–H groups in total. The quantitative estimate of drug-likeness (QED) is 0.646. The minimum absolute atomic E-state index is 0.112. The molecule has 0 aromatic heterocycles. The maximum Gasteiger partial charge on any atom is 0.308 e. The fourth-order valence-electron chi connectivity index (χ4n) is 1.17. The average molecular weight is 188 g/mol. The molecule has 0 amide bonds. The lowest BCUT2D eigenvalue weighted by Crippen LogP contribution is -2.22. The fourth-order valence-corrected chi connectivity index (χ4v) is 1.17. The highest BCUT2D eigenvalue weighted by molar-refractivity contribution is 5.69. The molecule has 0 aliphatic carbocycles. The number of ether oxygens (including phenoxy) is 1. The maximum absolute atomic E-state index is 10.8. The summed E-state index contributed by atoms with van der Waals surface area (Å²) >= 11 is 0. The van der Waals surface area contributed by atoms with Crippen LogP contribution in [0.25, 0.3) is 0 Å². The third-order valence-corrected chi connectivity index (χ3v) is 2.27. The standard InChI is InChI=1S/C10H20O3/c1-4-5-6-8(2)9(11)7-10(12)13-3/h8-9,11H,4-7H2,1-3H3/t8-,9+/m0/s1. The van der Waals surface area contributed by atoms with Crippen molar-refractivity contribution in [2.75, 3.05) is 7.11 Å². The van der Waals surface area contributed by atoms with E-state index >= 15 is 0 Å². The zero-order chi connectivity index (χ0) is 10.3. The van der Waals surface area contributed by atoms with Gasteiger partial charge in [-0.2, -0.15) is 0 Å². The third kappa shape index (κ3) is 5.64. The van der Waals surface area contributed by atoms with Crippen molar-refractivity contribution in [1.82, 2.24) is 0 Å². The molecular formula is C10H20O3. The molecule has 0 unspecified atom stereocenters. The molecular weight excluding hydrogens is 168 g/mol. The van der Waals surface area contributed by atoms with Crippen LogP contribution in [0.5, 0.6) is 0 Å². The third-order valence-electron chi connectivity index (χ3n) is 2.27. The summed E-state index contributed by atoms with van der Waals surface area (Å²) in [4.78, 5) is 10.8. The zero-order valence-corrected chi connectivity index (χ0v) is 8.75. The van der Waals surface area contributed by atoms with Gasteiger partial charge in [-0.1, -0.05) is 26.7 Å². The van der Waals surface area contributed by atoms with Gasteiger partial charge in [0.05, 0.1) is 19.6 Å². The number of hydrogen-bond acceptors (Lipinski definition) is 3. The molecule has 78 valence electrons. The summed E-state index contributed by atoms with van der Waals surface area (Å²) in [6.07, 6.45) is 2.74. The number of esters is 1. The highest BCUT2D eigenvalue weighted by atomic mass is 16.5. The molecule has 2 atom stereocenters. The van der Waals surface area contributed by atoms with E-state index in [-0.39, 0.29) is 18.3 Å². The zero-order valence-electron chi connectivity index (χ0n) is 8.75. The first kappa shape index (κ1) is 12.4. The number of methoxy groups -OCH3 is 1. The average Bonchev–Trinajstić information content (AvgIpc) is 2.13. The van der Waals surface area contributed by atoms with E-state index in [0.717, 1.165) is 19.3 Å². The van der Waals surface area contributed by atoms with Gasteiger partial charge in [0, 0.05) is 0 Å². The van der Waals surface area contributed by atoms with Crippen molar-refractivity contribution >= 4 is 5.97 Å². The van der Waals surface area contributed by atoms with Crippen molar-refractivity contribution in [2.24, 2.45) is 5.92 Å². The van der Waals surface area contributed by atoms with Crippen molar-refractivity contribution in [3.63, 3.8) is 0 Å². The van der Waals surface area contributed by atoms with Crippen LogP contribution in [0.15, 0.2) is 0 Å². The number of hydrogen-bond donors (Lipinski definition) is 1. The Bertz CT molecular complexity index is 145. The van der Waals surface area contributed by atoms with Gasteiger partial charge in [0.25, 0.3) is 0 Å². The molecule has 0 bridgehead atoms. The van der Waals surface area contributed by atoms with E-state index in [1.165, 1.54) is 7.11 Å². The van der Waals surface area contributed by atoms with Crippen molar-refractivity contribution in [3.05, 3.63) is 0 Å². The molecule has 0 spiro atoms. The van der Waals surface area contributed by atoms with Gasteiger partial charge in [0.15, 0.2) is 0 Å². The summed E-state index contributed by atoms with van der Waals surface area (Å²) in [5, 5.41) is 9.55. The molecule has 13 heavy (non-hydrogen) atoms. The molecule has 0 saturated carbocycles. The van der Waals surface area contributed by atoms with Crippen LogP contribution in [-0.2, 0) is 9.53 Å². The summed E-state index contributed by atoms with van der Waals surface area (Å²) in [6.45, 7) is 4.07. The minimum Gasteiger partial charge on any atom is -0.469 e. The minimum atomic E-state index is -0.556. The Kier molecular flexibility index (Phi) is 6.59. The fraction of sp³-hybridized carbons (Fsp3) is 0.900. The second kappa shape index (κ2) is 6.89. The van der Waals surface area contributed by atoms with E-state index in [9.17, 15) is 9.90 Å². The summed E-state index contributed by atoms with van der Waals surface area (Å²) in [5.74, 6) is -0.158. The lowest BCUT2D eigenvalue weighted by Gasteiger charge is -2.16. The number of carbonyl (C=O) groups excluding carboxylic acids is 1. The Balaban J connectivity index is 3.68. The van der Waals surface area contributed by atoms with Gasteiger partial charge in [-0.25, -0.2) is 0 Å². The Hall–Kier alpha value is -0.570. The summed E-state index contributed by atoms with van der Waals surface area (Å²) in [7, 11) is 1.34. The Labute approximate surface area is 80.1 Å². The molecule has 0 heterocycles. The molecule has 0 aromatic carbocycles. The van der Waals surface area contributed by atoms with Crippen LogP contribution >= 0.6 is 0 Å². The Morgan fingerprint density at radius 2 is 2.15 bits per heavy atom. The monoisotopic (exact) mass is 188 g/mol. The van der Waals surface area contributed by atoms with Gasteiger partial charge in [0.2, 0.25) is 0 Å². The van der Waals surface area contributed by atoms with Crippen LogP contribution in [0.1, 0.15) is 39.5 Å². The van der Waals surface area contributed by atoms with Crippen LogP contribution in [0.2, 0.25) is 0 Å². The first-order chi connectivity index (χ1) is 6.11. The first-order valence-electron chi connectivity index (χ1n) is 4.86. The number of rotatable bonds is 6. The molecule has 0 fully saturated rings. The number of carbonyl (C=O) groups is 1. The molecule has 0 radical (unpaired) electrons. The predicted molar refractivity (Wildman–Crippen MR) is 51.3 cm³/mol.